The standard InChI is InChI=1S/C15H20FN3O2/c1-20-8-7-17-10-13-5-6-18-19(13)11-12-3-4-15(21-2)14(16)9-12/h3-6,9,17H,7-8,10-11H2,1-2H3. The normalized spacial score (nSPS) is 10.8. The van der Waals surface area contributed by atoms with Crippen LogP contribution >= 0.6 is 0 Å². The summed E-state index contributed by atoms with van der Waals surface area (Å²) in [7, 11) is 3.12. The van der Waals surface area contributed by atoms with Crippen molar-refractivity contribution in [2.75, 3.05) is 27.4 Å². The first kappa shape index (κ1) is 15.5. The van der Waals surface area contributed by atoms with Crippen LogP contribution in [-0.4, -0.2) is 37.2 Å². The number of halogens is 1. The molecule has 0 aliphatic rings. The zero-order chi connectivity index (χ0) is 15.1. The highest BCUT2D eigenvalue weighted by molar-refractivity contribution is 5.29. The Morgan fingerprint density at radius 3 is 2.86 bits per heavy atom. The molecule has 0 aliphatic heterocycles. The summed E-state index contributed by atoms with van der Waals surface area (Å²) < 4.78 is 25.4. The van der Waals surface area contributed by atoms with Crippen molar-refractivity contribution < 1.29 is 13.9 Å². The van der Waals surface area contributed by atoms with E-state index in [0.29, 0.717) is 19.7 Å². The van der Waals surface area contributed by atoms with Gasteiger partial charge in [0, 0.05) is 26.4 Å². The molecule has 1 N–H and O–H groups in total. The van der Waals surface area contributed by atoms with E-state index in [4.69, 9.17) is 9.47 Å². The maximum Gasteiger partial charge on any atom is 0.165 e. The molecule has 0 spiro atoms. The third-order valence-electron chi connectivity index (χ3n) is 3.14. The van der Waals surface area contributed by atoms with Crippen LogP contribution in [0.25, 0.3) is 0 Å². The van der Waals surface area contributed by atoms with Gasteiger partial charge in [0.1, 0.15) is 0 Å². The summed E-state index contributed by atoms with van der Waals surface area (Å²) in [6.07, 6.45) is 1.74. The van der Waals surface area contributed by atoms with Gasteiger partial charge < -0.3 is 14.8 Å². The summed E-state index contributed by atoms with van der Waals surface area (Å²) >= 11 is 0. The second-order valence-corrected chi connectivity index (χ2v) is 4.62. The van der Waals surface area contributed by atoms with Crippen molar-refractivity contribution >= 4 is 0 Å². The molecule has 0 unspecified atom stereocenters. The maximum atomic E-state index is 13.7. The van der Waals surface area contributed by atoms with E-state index in [1.807, 2.05) is 16.8 Å². The minimum Gasteiger partial charge on any atom is -0.494 e. The Kier molecular flexibility index (Phi) is 5.71. The molecule has 6 heteroatoms. The number of hydrogen-bond donors (Lipinski definition) is 1. The lowest BCUT2D eigenvalue weighted by Crippen LogP contribution is -2.21. The van der Waals surface area contributed by atoms with Gasteiger partial charge in [-0.15, -0.1) is 0 Å². The van der Waals surface area contributed by atoms with Gasteiger partial charge in [0.25, 0.3) is 0 Å². The maximum absolute atomic E-state index is 13.7. The lowest BCUT2D eigenvalue weighted by Gasteiger charge is -2.10. The minimum atomic E-state index is -0.359. The smallest absolute Gasteiger partial charge is 0.165 e. The van der Waals surface area contributed by atoms with Crippen molar-refractivity contribution in [3.63, 3.8) is 0 Å². The highest BCUT2D eigenvalue weighted by Crippen LogP contribution is 2.18. The third-order valence-corrected chi connectivity index (χ3v) is 3.14. The molecule has 2 aromatic rings. The quantitative estimate of drug-likeness (QED) is 0.754. The largest absolute Gasteiger partial charge is 0.494 e. The molecule has 1 aromatic carbocycles. The fourth-order valence-electron chi connectivity index (χ4n) is 2.02. The van der Waals surface area contributed by atoms with Crippen LogP contribution in [-0.2, 0) is 17.8 Å². The van der Waals surface area contributed by atoms with Crippen LogP contribution in [0.1, 0.15) is 11.3 Å². The highest BCUT2D eigenvalue weighted by atomic mass is 19.1. The van der Waals surface area contributed by atoms with Crippen LogP contribution in [0, 0.1) is 5.82 Å². The van der Waals surface area contributed by atoms with E-state index in [2.05, 4.69) is 10.4 Å². The van der Waals surface area contributed by atoms with E-state index in [1.165, 1.54) is 13.2 Å². The van der Waals surface area contributed by atoms with E-state index >= 15 is 0 Å². The SMILES string of the molecule is COCCNCc1ccnn1Cc1ccc(OC)c(F)c1. The molecule has 5 nitrogen and oxygen atoms in total. The first-order valence-electron chi connectivity index (χ1n) is 6.77. The molecular formula is C15H20FN3O2. The zero-order valence-electron chi connectivity index (χ0n) is 12.3. The lowest BCUT2D eigenvalue weighted by molar-refractivity contribution is 0.199. The summed E-state index contributed by atoms with van der Waals surface area (Å²) in [5, 5.41) is 7.54. The van der Waals surface area contributed by atoms with E-state index in [-0.39, 0.29) is 11.6 Å². The van der Waals surface area contributed by atoms with Gasteiger partial charge in [-0.05, 0) is 23.8 Å². The summed E-state index contributed by atoms with van der Waals surface area (Å²) in [4.78, 5) is 0. The van der Waals surface area contributed by atoms with Crippen LogP contribution in [0.3, 0.4) is 0 Å². The summed E-state index contributed by atoms with van der Waals surface area (Å²) in [5.74, 6) is -0.109. The number of rotatable bonds is 8. The van der Waals surface area contributed by atoms with Crippen LogP contribution in [0.5, 0.6) is 5.75 Å². The molecule has 0 fully saturated rings. The summed E-state index contributed by atoms with van der Waals surface area (Å²) in [6, 6.07) is 6.89. The Labute approximate surface area is 123 Å². The van der Waals surface area contributed by atoms with Gasteiger partial charge in [0.2, 0.25) is 0 Å². The number of nitrogens with zero attached hydrogens (tertiary/aromatic N) is 2. The average Bonchev–Trinajstić information content (AvgIpc) is 2.91. The van der Waals surface area contributed by atoms with Crippen molar-refractivity contribution in [3.8, 4) is 5.75 Å². The second-order valence-electron chi connectivity index (χ2n) is 4.62. The van der Waals surface area contributed by atoms with E-state index in [9.17, 15) is 4.39 Å². The van der Waals surface area contributed by atoms with Crippen LogP contribution in [0.2, 0.25) is 0 Å². The number of hydrogen-bond acceptors (Lipinski definition) is 4. The summed E-state index contributed by atoms with van der Waals surface area (Å²) in [6.45, 7) is 2.66. The Morgan fingerprint density at radius 1 is 1.29 bits per heavy atom. The van der Waals surface area contributed by atoms with Gasteiger partial charge >= 0.3 is 0 Å². The van der Waals surface area contributed by atoms with Crippen molar-refractivity contribution in [2.45, 2.75) is 13.1 Å². The molecule has 114 valence electrons. The van der Waals surface area contributed by atoms with Gasteiger partial charge in [0.15, 0.2) is 11.6 Å². The van der Waals surface area contributed by atoms with Gasteiger partial charge in [-0.2, -0.15) is 5.10 Å². The van der Waals surface area contributed by atoms with Crippen LogP contribution < -0.4 is 10.1 Å². The monoisotopic (exact) mass is 293 g/mol. The molecule has 1 heterocycles. The molecule has 0 saturated carbocycles. The molecule has 0 atom stereocenters. The fourth-order valence-corrected chi connectivity index (χ4v) is 2.02. The van der Waals surface area contributed by atoms with Gasteiger partial charge in [-0.25, -0.2) is 4.39 Å². The molecule has 0 saturated heterocycles. The van der Waals surface area contributed by atoms with E-state index < -0.39 is 0 Å². The number of nitrogens with one attached hydrogen (secondary N) is 1. The Hall–Kier alpha value is -1.92. The number of aromatic nitrogens is 2. The predicted molar refractivity (Wildman–Crippen MR) is 77.9 cm³/mol. The Balaban J connectivity index is 1.99. The molecular weight excluding hydrogens is 273 g/mol. The average molecular weight is 293 g/mol. The molecule has 0 aliphatic carbocycles. The van der Waals surface area contributed by atoms with E-state index in [0.717, 1.165) is 17.8 Å². The number of methoxy groups -OCH3 is 2. The number of benzene rings is 1. The van der Waals surface area contributed by atoms with Crippen molar-refractivity contribution in [1.29, 1.82) is 0 Å². The first-order valence-corrected chi connectivity index (χ1v) is 6.77. The van der Waals surface area contributed by atoms with Crippen molar-refractivity contribution in [1.82, 2.24) is 15.1 Å². The topological polar surface area (TPSA) is 48.3 Å². The molecule has 0 amide bonds. The zero-order valence-corrected chi connectivity index (χ0v) is 12.3. The van der Waals surface area contributed by atoms with Crippen molar-refractivity contribution in [3.05, 3.63) is 47.5 Å². The molecule has 0 bridgehead atoms. The summed E-state index contributed by atoms with van der Waals surface area (Å²) in [5.41, 5.74) is 1.89. The van der Waals surface area contributed by atoms with Crippen LogP contribution in [0.4, 0.5) is 4.39 Å². The fraction of sp³-hybridized carbons (Fsp3) is 0.400. The first-order chi connectivity index (χ1) is 10.2. The second kappa shape index (κ2) is 7.75. The predicted octanol–water partition coefficient (Wildman–Crippen LogP) is 1.82. The third kappa shape index (κ3) is 4.27. The Bertz CT molecular complexity index is 572. The van der Waals surface area contributed by atoms with E-state index in [1.54, 1.807) is 19.4 Å². The van der Waals surface area contributed by atoms with Gasteiger partial charge in [-0.3, -0.25) is 4.68 Å². The van der Waals surface area contributed by atoms with Gasteiger partial charge in [0.05, 0.1) is 26.0 Å². The molecule has 21 heavy (non-hydrogen) atoms. The van der Waals surface area contributed by atoms with Crippen molar-refractivity contribution in [2.24, 2.45) is 0 Å². The molecule has 1 aromatic heterocycles. The minimum absolute atomic E-state index is 0.251. The Morgan fingerprint density at radius 2 is 2.14 bits per heavy atom. The number of ether oxygens (including phenoxy) is 2. The van der Waals surface area contributed by atoms with Crippen LogP contribution in [0.15, 0.2) is 30.5 Å². The molecule has 0 radical (unpaired) electrons. The highest BCUT2D eigenvalue weighted by Gasteiger charge is 2.07. The van der Waals surface area contributed by atoms with Gasteiger partial charge in [-0.1, -0.05) is 6.07 Å². The lowest BCUT2D eigenvalue weighted by atomic mass is 10.2. The molecule has 2 rings (SSSR count).